The second-order valence-corrected chi connectivity index (χ2v) is 17.7. The molecule has 2 aromatic heterocycles. The molecule has 0 unspecified atom stereocenters. The van der Waals surface area contributed by atoms with Crippen molar-refractivity contribution in [1.29, 1.82) is 0 Å². The number of para-hydroxylation sites is 4. The van der Waals surface area contributed by atoms with Gasteiger partial charge in [-0.15, -0.1) is 0 Å². The summed E-state index contributed by atoms with van der Waals surface area (Å²) in [4.78, 5) is 0. The number of aromatic nitrogens is 2. The minimum atomic E-state index is 1.16. The SMILES string of the molecule is c1ccc(-n2c3ccccc3c3ccc(-c4cccc5c(-c6ccc7cc8ccccc8cc7c6)c6cccc(-c7ccc8c9ccccc9n(-c9ccccc9)c8c7)c6cc45)cc32)cc1. The van der Waals surface area contributed by atoms with E-state index in [1.54, 1.807) is 0 Å². The van der Waals surface area contributed by atoms with Crippen LogP contribution in [0.4, 0.5) is 0 Å². The number of hydrogen-bond donors (Lipinski definition) is 0. The highest BCUT2D eigenvalue weighted by molar-refractivity contribution is 6.21. The van der Waals surface area contributed by atoms with E-state index >= 15 is 0 Å². The first-order chi connectivity index (χ1) is 32.7. The fourth-order valence-electron chi connectivity index (χ4n) is 11.1. The summed E-state index contributed by atoms with van der Waals surface area (Å²) in [7, 11) is 0. The van der Waals surface area contributed by atoms with Gasteiger partial charge in [0.05, 0.1) is 22.1 Å². The van der Waals surface area contributed by atoms with Gasteiger partial charge in [-0.3, -0.25) is 0 Å². The van der Waals surface area contributed by atoms with Gasteiger partial charge in [0.1, 0.15) is 0 Å². The van der Waals surface area contributed by atoms with Crippen molar-refractivity contribution in [2.24, 2.45) is 0 Å². The van der Waals surface area contributed by atoms with Gasteiger partial charge in [0.25, 0.3) is 0 Å². The summed E-state index contributed by atoms with van der Waals surface area (Å²) >= 11 is 0. The molecule has 0 aliphatic carbocycles. The van der Waals surface area contributed by atoms with Crippen molar-refractivity contribution in [3.05, 3.63) is 243 Å². The number of fused-ring (bicyclic) bond motifs is 10. The summed E-state index contributed by atoms with van der Waals surface area (Å²) in [5.74, 6) is 0. The van der Waals surface area contributed by atoms with E-state index in [1.807, 2.05) is 0 Å². The maximum Gasteiger partial charge on any atom is 0.0547 e. The third-order valence-corrected chi connectivity index (χ3v) is 14.0. The molecule has 2 heterocycles. The lowest BCUT2D eigenvalue weighted by atomic mass is 9.85. The number of benzene rings is 12. The van der Waals surface area contributed by atoms with Gasteiger partial charge in [-0.2, -0.15) is 0 Å². The highest BCUT2D eigenvalue weighted by Gasteiger charge is 2.20. The van der Waals surface area contributed by atoms with E-state index in [1.165, 1.54) is 120 Å². The predicted molar refractivity (Wildman–Crippen MR) is 281 cm³/mol. The number of nitrogens with zero attached hydrogens (tertiary/aromatic N) is 2. The lowest BCUT2D eigenvalue weighted by molar-refractivity contribution is 1.18. The monoisotopic (exact) mass is 836 g/mol. The van der Waals surface area contributed by atoms with Crippen molar-refractivity contribution >= 4 is 86.7 Å². The molecular formula is C64H40N2. The highest BCUT2D eigenvalue weighted by Crippen LogP contribution is 2.46. The van der Waals surface area contributed by atoms with Gasteiger partial charge in [-0.1, -0.05) is 170 Å². The van der Waals surface area contributed by atoms with Crippen LogP contribution in [0.2, 0.25) is 0 Å². The highest BCUT2D eigenvalue weighted by atomic mass is 15.0. The van der Waals surface area contributed by atoms with Crippen molar-refractivity contribution in [1.82, 2.24) is 9.13 Å². The van der Waals surface area contributed by atoms with Crippen molar-refractivity contribution in [2.75, 3.05) is 0 Å². The fourth-order valence-corrected chi connectivity index (χ4v) is 11.1. The second-order valence-electron chi connectivity index (χ2n) is 17.7. The molecule has 0 aliphatic rings. The predicted octanol–water partition coefficient (Wildman–Crippen LogP) is 17.5. The zero-order valence-electron chi connectivity index (χ0n) is 36.0. The van der Waals surface area contributed by atoms with Gasteiger partial charge in [0.2, 0.25) is 0 Å². The largest absolute Gasteiger partial charge is 0.309 e. The van der Waals surface area contributed by atoms with E-state index in [-0.39, 0.29) is 0 Å². The van der Waals surface area contributed by atoms with Crippen LogP contribution in [0.25, 0.3) is 131 Å². The molecule has 0 amide bonds. The van der Waals surface area contributed by atoms with Gasteiger partial charge in [-0.25, -0.2) is 0 Å². The molecule has 0 atom stereocenters. The first-order valence-electron chi connectivity index (χ1n) is 22.8. The Labute approximate surface area is 381 Å². The van der Waals surface area contributed by atoms with Crippen molar-refractivity contribution in [2.45, 2.75) is 0 Å². The van der Waals surface area contributed by atoms with Crippen LogP contribution in [0.3, 0.4) is 0 Å². The normalized spacial score (nSPS) is 11.9. The van der Waals surface area contributed by atoms with E-state index in [0.29, 0.717) is 0 Å². The molecular weight excluding hydrogens is 797 g/mol. The molecule has 0 spiro atoms. The number of rotatable bonds is 5. The van der Waals surface area contributed by atoms with Crippen LogP contribution in [0.15, 0.2) is 243 Å². The number of hydrogen-bond acceptors (Lipinski definition) is 0. The standard InChI is InChI=1S/C64H40N2/c1-3-17-48(18-4-1)65-60-27-11-9-21-52(60)54-33-31-44(38-62(54)65)50-23-13-25-56-58(50)40-59-51(45-32-34-55-53-22-10-12-28-61(53)66(63(55)39-45)49-19-5-2-6-20-49)24-14-26-57(59)64(56)46-30-29-43-35-41-15-7-8-16-42(41)36-47(43)37-46/h1-40H. The van der Waals surface area contributed by atoms with Crippen molar-refractivity contribution in [3.8, 4) is 44.8 Å². The molecule has 12 aromatic carbocycles. The zero-order chi connectivity index (χ0) is 43.3. The Balaban J connectivity index is 1.06. The summed E-state index contributed by atoms with van der Waals surface area (Å²) in [6, 6.07) is 89.8. The lowest BCUT2D eigenvalue weighted by Gasteiger charge is -2.18. The van der Waals surface area contributed by atoms with Gasteiger partial charge in [0.15, 0.2) is 0 Å². The molecule has 0 saturated heterocycles. The summed E-state index contributed by atoms with van der Waals surface area (Å²) in [5, 5.41) is 14.9. The molecule has 0 bridgehead atoms. The lowest BCUT2D eigenvalue weighted by Crippen LogP contribution is -1.94. The average molecular weight is 837 g/mol. The van der Waals surface area contributed by atoms with Crippen LogP contribution in [0.5, 0.6) is 0 Å². The van der Waals surface area contributed by atoms with E-state index in [2.05, 4.69) is 252 Å². The Kier molecular flexibility index (Phi) is 8.02. The molecule has 0 saturated carbocycles. The second kappa shape index (κ2) is 14.4. The minimum Gasteiger partial charge on any atom is -0.309 e. The smallest absolute Gasteiger partial charge is 0.0547 e. The Morgan fingerprint density at radius 2 is 0.636 bits per heavy atom. The molecule has 0 radical (unpaired) electrons. The van der Waals surface area contributed by atoms with E-state index < -0.39 is 0 Å². The van der Waals surface area contributed by atoms with Crippen molar-refractivity contribution < 1.29 is 0 Å². The van der Waals surface area contributed by atoms with Crippen LogP contribution in [-0.2, 0) is 0 Å². The molecule has 306 valence electrons. The van der Waals surface area contributed by atoms with Crippen LogP contribution in [0, 0.1) is 0 Å². The van der Waals surface area contributed by atoms with Gasteiger partial charge in [-0.05, 0) is 149 Å². The van der Waals surface area contributed by atoms with E-state index in [0.717, 1.165) is 11.4 Å². The molecule has 2 heteroatoms. The van der Waals surface area contributed by atoms with Crippen molar-refractivity contribution in [3.63, 3.8) is 0 Å². The van der Waals surface area contributed by atoms with Crippen LogP contribution in [-0.4, -0.2) is 9.13 Å². The minimum absolute atomic E-state index is 1.16. The first kappa shape index (κ1) is 36.7. The quantitative estimate of drug-likeness (QED) is 0.153. The average Bonchev–Trinajstić information content (AvgIpc) is 3.89. The third-order valence-electron chi connectivity index (χ3n) is 14.0. The summed E-state index contributed by atoms with van der Waals surface area (Å²) in [5.41, 5.74) is 14.4. The Bertz CT molecular complexity index is 4050. The maximum absolute atomic E-state index is 2.47. The molecule has 2 nitrogen and oxygen atoms in total. The third kappa shape index (κ3) is 5.55. The summed E-state index contributed by atoms with van der Waals surface area (Å²) < 4.78 is 4.84. The van der Waals surface area contributed by atoms with Gasteiger partial charge in [0, 0.05) is 32.9 Å². The first-order valence-corrected chi connectivity index (χ1v) is 22.8. The van der Waals surface area contributed by atoms with E-state index in [9.17, 15) is 0 Å². The molecule has 0 aliphatic heterocycles. The summed E-state index contributed by atoms with van der Waals surface area (Å²) in [6.07, 6.45) is 0. The van der Waals surface area contributed by atoms with Crippen LogP contribution < -0.4 is 0 Å². The van der Waals surface area contributed by atoms with Crippen LogP contribution in [0.1, 0.15) is 0 Å². The van der Waals surface area contributed by atoms with E-state index in [4.69, 9.17) is 0 Å². The molecule has 66 heavy (non-hydrogen) atoms. The summed E-state index contributed by atoms with van der Waals surface area (Å²) in [6.45, 7) is 0. The fraction of sp³-hybridized carbons (Fsp3) is 0. The molecule has 0 fully saturated rings. The molecule has 14 rings (SSSR count). The Morgan fingerprint density at radius 1 is 0.212 bits per heavy atom. The maximum atomic E-state index is 2.47. The molecule has 14 aromatic rings. The molecule has 0 N–H and O–H groups in total. The zero-order valence-corrected chi connectivity index (χ0v) is 36.0. The van der Waals surface area contributed by atoms with Gasteiger partial charge < -0.3 is 9.13 Å². The van der Waals surface area contributed by atoms with Crippen LogP contribution >= 0.6 is 0 Å². The topological polar surface area (TPSA) is 9.86 Å². The Morgan fingerprint density at radius 3 is 1.18 bits per heavy atom. The Hall–Kier alpha value is -8.72. The van der Waals surface area contributed by atoms with Gasteiger partial charge >= 0.3 is 0 Å².